The molecule has 0 unspecified atom stereocenters. The molecule has 0 aliphatic carbocycles. The number of ether oxygens (including phenoxy) is 1. The smallest absolute Gasteiger partial charge is 0.284 e. The number of nitro groups is 1. The highest BCUT2D eigenvalue weighted by molar-refractivity contribution is 7.99. The number of hydrogen-bond acceptors (Lipinski definition) is 8. The molecule has 2 heterocycles. The lowest BCUT2D eigenvalue weighted by atomic mass is 10.1. The van der Waals surface area contributed by atoms with Gasteiger partial charge in [-0.1, -0.05) is 12.1 Å². The third-order valence-corrected chi connectivity index (χ3v) is 6.10. The predicted molar refractivity (Wildman–Crippen MR) is 119 cm³/mol. The SMILES string of the molecule is Cn1cnnc1Sc1ccc(C(=O)Nc2cccc(CN3CCOCC3)c2)cc1[N+](=O)[O-]. The number of morpholine rings is 1. The zero-order chi connectivity index (χ0) is 22.5. The van der Waals surface area contributed by atoms with Crippen LogP contribution >= 0.6 is 11.8 Å². The van der Waals surface area contributed by atoms with Crippen LogP contribution in [0.4, 0.5) is 11.4 Å². The summed E-state index contributed by atoms with van der Waals surface area (Å²) in [5.41, 5.74) is 1.76. The summed E-state index contributed by atoms with van der Waals surface area (Å²) < 4.78 is 7.04. The van der Waals surface area contributed by atoms with E-state index in [4.69, 9.17) is 4.74 Å². The van der Waals surface area contributed by atoms with E-state index in [-0.39, 0.29) is 11.3 Å². The summed E-state index contributed by atoms with van der Waals surface area (Å²) in [6, 6.07) is 12.0. The number of rotatable bonds is 7. The molecule has 3 aromatic rings. The van der Waals surface area contributed by atoms with Crippen LogP contribution in [0.5, 0.6) is 0 Å². The lowest BCUT2D eigenvalue weighted by molar-refractivity contribution is -0.387. The first-order valence-corrected chi connectivity index (χ1v) is 10.8. The molecule has 0 radical (unpaired) electrons. The number of nitrogens with zero attached hydrogens (tertiary/aromatic N) is 5. The Morgan fingerprint density at radius 1 is 1.25 bits per heavy atom. The first-order chi connectivity index (χ1) is 15.5. The van der Waals surface area contributed by atoms with Gasteiger partial charge in [-0.2, -0.15) is 0 Å². The quantitative estimate of drug-likeness (QED) is 0.428. The maximum atomic E-state index is 12.8. The van der Waals surface area contributed by atoms with Crippen LogP contribution in [0.25, 0.3) is 0 Å². The largest absolute Gasteiger partial charge is 0.379 e. The first kappa shape index (κ1) is 21.9. The van der Waals surface area contributed by atoms with Crippen molar-refractivity contribution < 1.29 is 14.5 Å². The fraction of sp³-hybridized carbons (Fsp3) is 0.286. The van der Waals surface area contributed by atoms with Crippen molar-refractivity contribution in [1.82, 2.24) is 19.7 Å². The van der Waals surface area contributed by atoms with Crippen molar-refractivity contribution in [3.05, 3.63) is 70.0 Å². The molecule has 4 rings (SSSR count). The number of amides is 1. The molecule has 1 aliphatic heterocycles. The molecule has 0 spiro atoms. The van der Waals surface area contributed by atoms with Crippen molar-refractivity contribution in [3.63, 3.8) is 0 Å². The van der Waals surface area contributed by atoms with Crippen LogP contribution in [0.15, 0.2) is 58.8 Å². The molecule has 10 nitrogen and oxygen atoms in total. The summed E-state index contributed by atoms with van der Waals surface area (Å²) in [7, 11) is 1.75. The van der Waals surface area contributed by atoms with Gasteiger partial charge >= 0.3 is 0 Å². The van der Waals surface area contributed by atoms with Gasteiger partial charge in [-0.05, 0) is 41.6 Å². The van der Waals surface area contributed by atoms with Crippen LogP contribution in [0.3, 0.4) is 0 Å². The molecule has 32 heavy (non-hydrogen) atoms. The van der Waals surface area contributed by atoms with E-state index in [1.54, 1.807) is 29.8 Å². The van der Waals surface area contributed by atoms with Crippen molar-refractivity contribution >= 4 is 29.0 Å². The zero-order valence-corrected chi connectivity index (χ0v) is 18.2. The van der Waals surface area contributed by atoms with E-state index in [0.717, 1.165) is 50.2 Å². The van der Waals surface area contributed by atoms with E-state index in [1.165, 1.54) is 12.4 Å². The van der Waals surface area contributed by atoms with E-state index in [0.29, 0.717) is 15.7 Å². The molecule has 1 fully saturated rings. The standard InChI is InChI=1S/C21H22N6O4S/c1-25-14-22-24-21(25)32-19-6-5-16(12-18(19)27(29)30)20(28)23-17-4-2-3-15(11-17)13-26-7-9-31-10-8-26/h2-6,11-12,14H,7-10,13H2,1H3,(H,23,28). The third kappa shape index (κ3) is 5.31. The number of nitro benzene ring substituents is 1. The van der Waals surface area contributed by atoms with Gasteiger partial charge in [-0.25, -0.2) is 0 Å². The van der Waals surface area contributed by atoms with Crippen LogP contribution in [0.2, 0.25) is 0 Å². The second kappa shape index (κ2) is 9.90. The van der Waals surface area contributed by atoms with Gasteiger partial charge in [0.2, 0.25) is 0 Å². The van der Waals surface area contributed by atoms with Gasteiger partial charge in [0, 0.05) is 44.0 Å². The van der Waals surface area contributed by atoms with E-state index >= 15 is 0 Å². The van der Waals surface area contributed by atoms with Crippen LogP contribution in [-0.2, 0) is 18.3 Å². The lowest BCUT2D eigenvalue weighted by Gasteiger charge is -2.26. The summed E-state index contributed by atoms with van der Waals surface area (Å²) in [5.74, 6) is -0.410. The van der Waals surface area contributed by atoms with Gasteiger partial charge in [0.15, 0.2) is 5.16 Å². The second-order valence-corrected chi connectivity index (χ2v) is 8.32. The Morgan fingerprint density at radius 3 is 2.78 bits per heavy atom. The van der Waals surface area contributed by atoms with Gasteiger partial charge in [0.05, 0.1) is 23.0 Å². The summed E-state index contributed by atoms with van der Waals surface area (Å²) in [4.78, 5) is 26.6. The molecule has 1 aliphatic rings. The van der Waals surface area contributed by atoms with Crippen LogP contribution < -0.4 is 5.32 Å². The molecular formula is C21H22N6O4S. The molecule has 0 atom stereocenters. The lowest BCUT2D eigenvalue weighted by Crippen LogP contribution is -2.35. The van der Waals surface area contributed by atoms with E-state index < -0.39 is 10.8 Å². The highest BCUT2D eigenvalue weighted by Crippen LogP contribution is 2.34. The van der Waals surface area contributed by atoms with Gasteiger partial charge in [0.1, 0.15) is 6.33 Å². The molecule has 1 N–H and O–H groups in total. The number of aromatic nitrogens is 3. The second-order valence-electron chi connectivity index (χ2n) is 7.31. The highest BCUT2D eigenvalue weighted by Gasteiger charge is 2.20. The summed E-state index contributed by atoms with van der Waals surface area (Å²) in [6.45, 7) is 3.96. The van der Waals surface area contributed by atoms with Crippen molar-refractivity contribution in [1.29, 1.82) is 0 Å². The van der Waals surface area contributed by atoms with Crippen molar-refractivity contribution in [2.45, 2.75) is 16.6 Å². The van der Waals surface area contributed by atoms with Crippen LogP contribution in [-0.4, -0.2) is 56.8 Å². The van der Waals surface area contributed by atoms with Crippen molar-refractivity contribution in [2.24, 2.45) is 7.05 Å². The molecule has 0 saturated carbocycles. The summed E-state index contributed by atoms with van der Waals surface area (Å²) in [5, 5.41) is 22.7. The topological polar surface area (TPSA) is 115 Å². The Morgan fingerprint density at radius 2 is 2.06 bits per heavy atom. The Hall–Kier alpha value is -3.28. The van der Waals surface area contributed by atoms with Gasteiger partial charge in [-0.3, -0.25) is 19.8 Å². The fourth-order valence-corrected chi connectivity index (χ4v) is 4.17. The van der Waals surface area contributed by atoms with E-state index in [2.05, 4.69) is 20.4 Å². The van der Waals surface area contributed by atoms with Gasteiger partial charge < -0.3 is 14.6 Å². The minimum Gasteiger partial charge on any atom is -0.379 e. The van der Waals surface area contributed by atoms with Crippen molar-refractivity contribution in [3.8, 4) is 0 Å². The van der Waals surface area contributed by atoms with E-state index in [9.17, 15) is 14.9 Å². The maximum Gasteiger partial charge on any atom is 0.284 e. The zero-order valence-electron chi connectivity index (χ0n) is 17.4. The first-order valence-electron chi connectivity index (χ1n) is 10.0. The molecule has 0 bridgehead atoms. The molecule has 166 valence electrons. The monoisotopic (exact) mass is 454 g/mol. The number of hydrogen-bond donors (Lipinski definition) is 1. The third-order valence-electron chi connectivity index (χ3n) is 4.98. The average Bonchev–Trinajstić information content (AvgIpc) is 3.19. The Bertz CT molecular complexity index is 1130. The van der Waals surface area contributed by atoms with Crippen LogP contribution in [0.1, 0.15) is 15.9 Å². The van der Waals surface area contributed by atoms with E-state index in [1.807, 2.05) is 18.2 Å². The molecule has 1 saturated heterocycles. The number of aryl methyl sites for hydroxylation is 1. The molecule has 1 amide bonds. The fourth-order valence-electron chi connectivity index (χ4n) is 3.32. The van der Waals surface area contributed by atoms with Gasteiger partial charge in [-0.15, -0.1) is 10.2 Å². The molecule has 1 aromatic heterocycles. The summed E-state index contributed by atoms with van der Waals surface area (Å²) >= 11 is 1.12. The Labute approximate surface area is 188 Å². The number of benzene rings is 2. The normalized spacial score (nSPS) is 14.3. The molecular weight excluding hydrogens is 432 g/mol. The minimum atomic E-state index is -0.502. The number of carbonyl (C=O) groups excluding carboxylic acids is 1. The Balaban J connectivity index is 1.48. The predicted octanol–water partition coefficient (Wildman–Crippen LogP) is 2.96. The maximum absolute atomic E-state index is 12.8. The average molecular weight is 455 g/mol. The molecule has 11 heteroatoms. The Kier molecular flexibility index (Phi) is 6.78. The van der Waals surface area contributed by atoms with Gasteiger partial charge in [0.25, 0.3) is 11.6 Å². The number of carbonyl (C=O) groups is 1. The highest BCUT2D eigenvalue weighted by atomic mass is 32.2. The molecule has 2 aromatic carbocycles. The minimum absolute atomic E-state index is 0.160. The summed E-state index contributed by atoms with van der Waals surface area (Å²) in [6.07, 6.45) is 1.52. The van der Waals surface area contributed by atoms with Crippen LogP contribution in [0, 0.1) is 10.1 Å². The number of anilines is 1. The number of nitrogens with one attached hydrogen (secondary N) is 1. The van der Waals surface area contributed by atoms with Crippen molar-refractivity contribution in [2.75, 3.05) is 31.6 Å².